The maximum atomic E-state index is 12.5. The Kier molecular flexibility index (Phi) is 5.34. The number of hydrogen-bond donors (Lipinski definition) is 0. The molecule has 0 N–H and O–H groups in total. The summed E-state index contributed by atoms with van der Waals surface area (Å²) in [7, 11) is 0. The topological polar surface area (TPSA) is 69.5 Å². The van der Waals surface area contributed by atoms with Crippen molar-refractivity contribution >= 4 is 35.0 Å². The van der Waals surface area contributed by atoms with Gasteiger partial charge in [0.25, 0.3) is 0 Å². The minimum Gasteiger partial charge on any atom is -0.462 e. The summed E-state index contributed by atoms with van der Waals surface area (Å²) in [5.41, 5.74) is 3.04. The minimum absolute atomic E-state index is 0.318. The van der Waals surface area contributed by atoms with E-state index < -0.39 is 0 Å². The molecular weight excluding hydrogens is 356 g/mol. The second-order valence-electron chi connectivity index (χ2n) is 6.39. The molecule has 2 aromatic heterocycles. The van der Waals surface area contributed by atoms with Crippen molar-refractivity contribution in [2.45, 2.75) is 6.92 Å². The molecule has 3 heterocycles. The predicted molar refractivity (Wildman–Crippen MR) is 108 cm³/mol. The monoisotopic (exact) mass is 378 g/mol. The summed E-state index contributed by atoms with van der Waals surface area (Å²) in [6.45, 7) is 4.76. The third-order valence-electron chi connectivity index (χ3n) is 4.63. The van der Waals surface area contributed by atoms with Gasteiger partial charge in [-0.1, -0.05) is 30.3 Å². The number of hydrogen-bond acceptors (Lipinski definition) is 6. The summed E-state index contributed by atoms with van der Waals surface area (Å²) < 4.78 is 12.4. The molecule has 0 aliphatic carbocycles. The third-order valence-corrected chi connectivity index (χ3v) is 4.63. The molecule has 0 radical (unpaired) electrons. The van der Waals surface area contributed by atoms with Gasteiger partial charge in [0.1, 0.15) is 5.56 Å². The molecular formula is C21H22N4O3. The maximum absolute atomic E-state index is 12.5. The van der Waals surface area contributed by atoms with Crippen molar-refractivity contribution in [3.8, 4) is 0 Å². The van der Waals surface area contributed by atoms with Gasteiger partial charge in [0, 0.05) is 25.5 Å². The number of ether oxygens (including phenoxy) is 2. The van der Waals surface area contributed by atoms with Crippen molar-refractivity contribution in [2.24, 2.45) is 0 Å². The first-order chi connectivity index (χ1) is 13.8. The zero-order valence-corrected chi connectivity index (χ0v) is 15.7. The molecule has 1 aliphatic rings. The van der Waals surface area contributed by atoms with Crippen LogP contribution in [0.5, 0.6) is 0 Å². The zero-order valence-electron chi connectivity index (χ0n) is 15.7. The third kappa shape index (κ3) is 3.61. The molecule has 7 heteroatoms. The fourth-order valence-electron chi connectivity index (χ4n) is 3.30. The lowest BCUT2D eigenvalue weighted by Gasteiger charge is -2.30. The summed E-state index contributed by atoms with van der Waals surface area (Å²) in [6, 6.07) is 10.00. The van der Waals surface area contributed by atoms with E-state index in [0.29, 0.717) is 44.1 Å². The Morgan fingerprint density at radius 2 is 2.00 bits per heavy atom. The number of aromatic nitrogens is 3. The fraction of sp³-hybridized carbons (Fsp3) is 0.286. The van der Waals surface area contributed by atoms with Gasteiger partial charge in [-0.2, -0.15) is 5.10 Å². The van der Waals surface area contributed by atoms with E-state index in [4.69, 9.17) is 9.47 Å². The van der Waals surface area contributed by atoms with Crippen LogP contribution in [0.4, 0.5) is 5.69 Å². The molecule has 1 aliphatic heterocycles. The van der Waals surface area contributed by atoms with Gasteiger partial charge in [-0.05, 0) is 18.6 Å². The van der Waals surface area contributed by atoms with Gasteiger partial charge in [0.2, 0.25) is 0 Å². The van der Waals surface area contributed by atoms with Gasteiger partial charge in [-0.3, -0.25) is 0 Å². The highest BCUT2D eigenvalue weighted by molar-refractivity contribution is 6.04. The molecule has 0 spiro atoms. The molecule has 0 atom stereocenters. The van der Waals surface area contributed by atoms with Gasteiger partial charge >= 0.3 is 5.97 Å². The van der Waals surface area contributed by atoms with Gasteiger partial charge < -0.3 is 14.4 Å². The lowest BCUT2D eigenvalue weighted by Crippen LogP contribution is -2.37. The van der Waals surface area contributed by atoms with Gasteiger partial charge in [-0.25, -0.2) is 14.5 Å². The number of rotatable bonds is 5. The van der Waals surface area contributed by atoms with E-state index in [0.717, 1.165) is 16.6 Å². The lowest BCUT2D eigenvalue weighted by molar-refractivity contribution is 0.0526. The highest BCUT2D eigenvalue weighted by Gasteiger charge is 2.24. The molecule has 144 valence electrons. The van der Waals surface area contributed by atoms with E-state index in [9.17, 15) is 4.79 Å². The predicted octanol–water partition coefficient (Wildman–Crippen LogP) is 3.07. The Labute approximate surface area is 163 Å². The number of benzene rings is 1. The molecule has 0 saturated carbocycles. The van der Waals surface area contributed by atoms with Crippen LogP contribution in [0.2, 0.25) is 0 Å². The van der Waals surface area contributed by atoms with Crippen molar-refractivity contribution in [3.63, 3.8) is 0 Å². The molecule has 4 rings (SSSR count). The van der Waals surface area contributed by atoms with E-state index in [1.54, 1.807) is 24.0 Å². The van der Waals surface area contributed by atoms with Gasteiger partial charge in [-0.15, -0.1) is 0 Å². The number of anilines is 1. The van der Waals surface area contributed by atoms with E-state index >= 15 is 0 Å². The van der Waals surface area contributed by atoms with Gasteiger partial charge in [0.05, 0.1) is 37.1 Å². The van der Waals surface area contributed by atoms with Crippen LogP contribution in [0, 0.1) is 0 Å². The molecule has 1 aromatic carbocycles. The summed E-state index contributed by atoms with van der Waals surface area (Å²) in [6.07, 6.45) is 7.18. The lowest BCUT2D eigenvalue weighted by atomic mass is 10.1. The van der Waals surface area contributed by atoms with Crippen LogP contribution < -0.4 is 4.90 Å². The summed E-state index contributed by atoms with van der Waals surface area (Å²) in [5, 5.41) is 5.29. The first kappa shape index (κ1) is 18.2. The van der Waals surface area contributed by atoms with E-state index in [1.807, 2.05) is 42.6 Å². The summed E-state index contributed by atoms with van der Waals surface area (Å²) >= 11 is 0. The van der Waals surface area contributed by atoms with Crippen LogP contribution in [0.1, 0.15) is 22.8 Å². The number of nitrogens with zero attached hydrogens (tertiary/aromatic N) is 4. The van der Waals surface area contributed by atoms with Crippen molar-refractivity contribution in [2.75, 3.05) is 37.8 Å². The molecule has 0 bridgehead atoms. The molecule has 1 fully saturated rings. The van der Waals surface area contributed by atoms with Crippen molar-refractivity contribution in [1.82, 2.24) is 14.8 Å². The Hall–Kier alpha value is -3.19. The number of pyridine rings is 1. The van der Waals surface area contributed by atoms with Crippen LogP contribution in [0.15, 0.2) is 42.7 Å². The van der Waals surface area contributed by atoms with Crippen LogP contribution in [-0.2, 0) is 9.47 Å². The van der Waals surface area contributed by atoms with Crippen LogP contribution >= 0.6 is 0 Å². The van der Waals surface area contributed by atoms with Crippen LogP contribution in [0.3, 0.4) is 0 Å². The van der Waals surface area contributed by atoms with Crippen LogP contribution in [0.25, 0.3) is 23.3 Å². The molecule has 3 aromatic rings. The number of carbonyl (C=O) groups excluding carboxylic acids is 1. The zero-order chi connectivity index (χ0) is 19.3. The highest BCUT2D eigenvalue weighted by atomic mass is 16.5. The first-order valence-corrected chi connectivity index (χ1v) is 9.37. The van der Waals surface area contributed by atoms with Crippen molar-refractivity contribution in [1.29, 1.82) is 0 Å². The summed E-state index contributed by atoms with van der Waals surface area (Å²) in [5.74, 6) is -0.369. The van der Waals surface area contributed by atoms with Crippen molar-refractivity contribution < 1.29 is 14.3 Å². The van der Waals surface area contributed by atoms with E-state index in [-0.39, 0.29) is 5.97 Å². The second-order valence-corrected chi connectivity index (χ2v) is 6.39. The standard InChI is InChI=1S/C21H22N4O3/c1-2-28-21(26)18-14-22-20-17(19(18)24-10-12-27-13-11-24)15-23-25(20)9-8-16-6-4-3-5-7-16/h3-9,14-15H,2,10-13H2,1H3/b9-8+. The Morgan fingerprint density at radius 3 is 2.75 bits per heavy atom. The number of carbonyl (C=O) groups is 1. The number of esters is 1. The molecule has 28 heavy (non-hydrogen) atoms. The highest BCUT2D eigenvalue weighted by Crippen LogP contribution is 2.31. The summed E-state index contributed by atoms with van der Waals surface area (Å²) in [4.78, 5) is 19.2. The molecule has 0 unspecified atom stereocenters. The average Bonchev–Trinajstić information content (AvgIpc) is 3.16. The van der Waals surface area contributed by atoms with Gasteiger partial charge in [0.15, 0.2) is 5.65 Å². The maximum Gasteiger partial charge on any atom is 0.341 e. The average molecular weight is 378 g/mol. The minimum atomic E-state index is -0.369. The number of fused-ring (bicyclic) bond motifs is 1. The Balaban J connectivity index is 1.77. The smallest absolute Gasteiger partial charge is 0.341 e. The normalized spacial score (nSPS) is 14.7. The molecule has 0 amide bonds. The first-order valence-electron chi connectivity index (χ1n) is 9.37. The van der Waals surface area contributed by atoms with E-state index in [1.165, 1.54) is 0 Å². The Bertz CT molecular complexity index is 992. The van der Waals surface area contributed by atoms with Crippen LogP contribution in [-0.4, -0.2) is 53.6 Å². The quantitative estimate of drug-likeness (QED) is 0.636. The second kappa shape index (κ2) is 8.22. The largest absolute Gasteiger partial charge is 0.462 e. The molecule has 7 nitrogen and oxygen atoms in total. The van der Waals surface area contributed by atoms with E-state index in [2.05, 4.69) is 15.0 Å². The fourth-order valence-corrected chi connectivity index (χ4v) is 3.30. The van der Waals surface area contributed by atoms with Crippen molar-refractivity contribution in [3.05, 3.63) is 53.9 Å². The molecule has 1 saturated heterocycles. The Morgan fingerprint density at radius 1 is 1.21 bits per heavy atom. The SMILES string of the molecule is CCOC(=O)c1cnc2c(cnn2/C=C/c2ccccc2)c1N1CCOCC1. The number of morpholine rings is 1.